The van der Waals surface area contributed by atoms with Crippen LogP contribution in [0.15, 0.2) is 0 Å². The molecular formula is C6H12N2O3. The second kappa shape index (κ2) is 3.54. The van der Waals surface area contributed by atoms with Gasteiger partial charge in [-0.3, -0.25) is 0 Å². The number of carboxylic acid groups (broad SMARTS) is 1. The molecule has 0 aromatic heterocycles. The van der Waals surface area contributed by atoms with Gasteiger partial charge in [0.15, 0.2) is 0 Å². The zero-order valence-electron chi connectivity index (χ0n) is 6.08. The number of rotatable bonds is 2. The van der Waals surface area contributed by atoms with E-state index in [9.17, 15) is 4.79 Å². The molecule has 0 bridgehead atoms. The number of aliphatic hydroxyl groups excluding tert-OH is 1. The highest BCUT2D eigenvalue weighted by Crippen LogP contribution is 2.07. The van der Waals surface area contributed by atoms with Gasteiger partial charge in [0.05, 0.1) is 6.04 Å². The van der Waals surface area contributed by atoms with Crippen molar-refractivity contribution < 1.29 is 15.0 Å². The van der Waals surface area contributed by atoms with E-state index in [1.807, 2.05) is 0 Å². The van der Waals surface area contributed by atoms with E-state index in [2.05, 4.69) is 10.6 Å². The third-order valence-electron chi connectivity index (χ3n) is 1.88. The molecule has 1 rings (SSSR count). The molecule has 1 saturated heterocycles. The highest BCUT2D eigenvalue weighted by molar-refractivity contribution is 5.65. The molecule has 0 radical (unpaired) electrons. The van der Waals surface area contributed by atoms with Crippen molar-refractivity contribution >= 4 is 6.09 Å². The molecule has 1 fully saturated rings. The van der Waals surface area contributed by atoms with Crippen LogP contribution in [0.3, 0.4) is 0 Å². The molecule has 1 heterocycles. The Labute approximate surface area is 64.4 Å². The summed E-state index contributed by atoms with van der Waals surface area (Å²) >= 11 is 0. The van der Waals surface area contributed by atoms with Crippen molar-refractivity contribution in [3.63, 3.8) is 0 Å². The van der Waals surface area contributed by atoms with E-state index in [1.54, 1.807) is 0 Å². The summed E-state index contributed by atoms with van der Waals surface area (Å²) in [4.78, 5) is 10.2. The van der Waals surface area contributed by atoms with Crippen molar-refractivity contribution in [1.29, 1.82) is 0 Å². The first kappa shape index (κ1) is 8.29. The standard InChI is InChI=1S/C6H12N2O3/c9-3-4-1-7-2-5(4)8-6(10)11/h4-5,7-9H,1-3H2,(H,10,11)/t4-,5+/m1/s1. The van der Waals surface area contributed by atoms with Crippen molar-refractivity contribution in [3.05, 3.63) is 0 Å². The Hall–Kier alpha value is -0.810. The first-order chi connectivity index (χ1) is 5.24. The van der Waals surface area contributed by atoms with Gasteiger partial charge in [-0.1, -0.05) is 0 Å². The van der Waals surface area contributed by atoms with E-state index in [0.717, 1.165) is 0 Å². The molecule has 64 valence electrons. The molecule has 1 aliphatic rings. The number of aliphatic hydroxyl groups is 1. The molecule has 4 N–H and O–H groups in total. The zero-order chi connectivity index (χ0) is 8.27. The van der Waals surface area contributed by atoms with E-state index in [4.69, 9.17) is 10.2 Å². The smallest absolute Gasteiger partial charge is 0.404 e. The van der Waals surface area contributed by atoms with Crippen LogP contribution < -0.4 is 10.6 Å². The summed E-state index contributed by atoms with van der Waals surface area (Å²) in [6.07, 6.45) is -1.03. The van der Waals surface area contributed by atoms with Crippen molar-refractivity contribution in [1.82, 2.24) is 10.6 Å². The number of carbonyl (C=O) groups is 1. The molecule has 0 aliphatic carbocycles. The van der Waals surface area contributed by atoms with Gasteiger partial charge in [-0.2, -0.15) is 0 Å². The fourth-order valence-corrected chi connectivity index (χ4v) is 1.25. The minimum absolute atomic E-state index is 0.0195. The summed E-state index contributed by atoms with van der Waals surface area (Å²) in [5.74, 6) is 0.0195. The minimum atomic E-state index is -1.03. The summed E-state index contributed by atoms with van der Waals surface area (Å²) in [5, 5.41) is 22.5. The third-order valence-corrected chi connectivity index (χ3v) is 1.88. The molecule has 0 aromatic carbocycles. The van der Waals surface area contributed by atoms with Crippen molar-refractivity contribution in [2.75, 3.05) is 19.7 Å². The van der Waals surface area contributed by atoms with E-state index in [-0.39, 0.29) is 18.6 Å². The van der Waals surface area contributed by atoms with Crippen LogP contribution in [0, 0.1) is 5.92 Å². The van der Waals surface area contributed by atoms with Gasteiger partial charge in [-0.25, -0.2) is 4.79 Å². The molecular weight excluding hydrogens is 148 g/mol. The van der Waals surface area contributed by atoms with E-state index >= 15 is 0 Å². The van der Waals surface area contributed by atoms with Crippen LogP contribution in [0.4, 0.5) is 4.79 Å². The number of hydrogen-bond donors (Lipinski definition) is 4. The van der Waals surface area contributed by atoms with Gasteiger partial charge in [0.25, 0.3) is 0 Å². The maximum atomic E-state index is 10.2. The lowest BCUT2D eigenvalue weighted by Crippen LogP contribution is -2.40. The van der Waals surface area contributed by atoms with Gasteiger partial charge in [-0.15, -0.1) is 0 Å². The number of nitrogens with one attached hydrogen (secondary N) is 2. The summed E-state index contributed by atoms with van der Waals surface area (Å²) in [6.45, 7) is 1.32. The first-order valence-electron chi connectivity index (χ1n) is 3.55. The van der Waals surface area contributed by atoms with Gasteiger partial charge >= 0.3 is 6.09 Å². The fourth-order valence-electron chi connectivity index (χ4n) is 1.25. The quantitative estimate of drug-likeness (QED) is 0.410. The Bertz CT molecular complexity index is 151. The van der Waals surface area contributed by atoms with Crippen molar-refractivity contribution in [2.24, 2.45) is 5.92 Å². The lowest BCUT2D eigenvalue weighted by atomic mass is 10.1. The topological polar surface area (TPSA) is 81.6 Å². The van der Waals surface area contributed by atoms with Crippen LogP contribution in [0.5, 0.6) is 0 Å². The summed E-state index contributed by atoms with van der Waals surface area (Å²) in [7, 11) is 0. The molecule has 0 saturated carbocycles. The number of amides is 1. The first-order valence-corrected chi connectivity index (χ1v) is 3.55. The molecule has 2 atom stereocenters. The Balaban J connectivity index is 2.37. The molecule has 11 heavy (non-hydrogen) atoms. The van der Waals surface area contributed by atoms with Crippen LogP contribution >= 0.6 is 0 Å². The average molecular weight is 160 g/mol. The minimum Gasteiger partial charge on any atom is -0.465 e. The van der Waals surface area contributed by atoms with Gasteiger partial charge in [0.2, 0.25) is 0 Å². The highest BCUT2D eigenvalue weighted by atomic mass is 16.4. The third kappa shape index (κ3) is 2.06. The van der Waals surface area contributed by atoms with E-state index in [0.29, 0.717) is 13.1 Å². The summed E-state index contributed by atoms with van der Waals surface area (Å²) < 4.78 is 0. The molecule has 5 nitrogen and oxygen atoms in total. The molecule has 1 aliphatic heterocycles. The van der Waals surface area contributed by atoms with Crippen LogP contribution in [-0.4, -0.2) is 42.0 Å². The molecule has 1 amide bonds. The molecule has 0 aromatic rings. The predicted octanol–water partition coefficient (Wildman–Crippen LogP) is -1.17. The molecule has 0 spiro atoms. The highest BCUT2D eigenvalue weighted by Gasteiger charge is 2.27. The SMILES string of the molecule is O=C(O)N[C@H]1CNC[C@@H]1CO. The molecule has 0 unspecified atom stereocenters. The average Bonchev–Trinajstić information content (AvgIpc) is 2.34. The Kier molecular flexibility index (Phi) is 2.67. The predicted molar refractivity (Wildman–Crippen MR) is 38.4 cm³/mol. The normalized spacial score (nSPS) is 30.3. The second-order valence-electron chi connectivity index (χ2n) is 2.66. The van der Waals surface area contributed by atoms with Gasteiger partial charge in [0, 0.05) is 25.6 Å². The number of hydrogen-bond acceptors (Lipinski definition) is 3. The molecule has 5 heteroatoms. The van der Waals surface area contributed by atoms with Gasteiger partial charge < -0.3 is 20.8 Å². The largest absolute Gasteiger partial charge is 0.465 e. The Morgan fingerprint density at radius 1 is 1.64 bits per heavy atom. The van der Waals surface area contributed by atoms with Crippen LogP contribution in [0.2, 0.25) is 0 Å². The Morgan fingerprint density at radius 3 is 2.91 bits per heavy atom. The second-order valence-corrected chi connectivity index (χ2v) is 2.66. The monoisotopic (exact) mass is 160 g/mol. The zero-order valence-corrected chi connectivity index (χ0v) is 6.08. The summed E-state index contributed by atoms with van der Waals surface area (Å²) in [5.41, 5.74) is 0. The van der Waals surface area contributed by atoms with Crippen molar-refractivity contribution in [2.45, 2.75) is 6.04 Å². The van der Waals surface area contributed by atoms with Crippen LogP contribution in [0.25, 0.3) is 0 Å². The van der Waals surface area contributed by atoms with Gasteiger partial charge in [0.1, 0.15) is 0 Å². The van der Waals surface area contributed by atoms with Gasteiger partial charge in [-0.05, 0) is 0 Å². The van der Waals surface area contributed by atoms with Crippen molar-refractivity contribution in [3.8, 4) is 0 Å². The van der Waals surface area contributed by atoms with Crippen LogP contribution in [0.1, 0.15) is 0 Å². The van der Waals surface area contributed by atoms with E-state index < -0.39 is 6.09 Å². The van der Waals surface area contributed by atoms with Crippen LogP contribution in [-0.2, 0) is 0 Å². The summed E-state index contributed by atoms with van der Waals surface area (Å²) in [6, 6.07) is -0.141. The Morgan fingerprint density at radius 2 is 2.36 bits per heavy atom. The maximum absolute atomic E-state index is 10.2. The fraction of sp³-hybridized carbons (Fsp3) is 0.833. The lowest BCUT2D eigenvalue weighted by Gasteiger charge is -2.14. The lowest BCUT2D eigenvalue weighted by molar-refractivity contribution is 0.177. The maximum Gasteiger partial charge on any atom is 0.404 e. The van der Waals surface area contributed by atoms with E-state index in [1.165, 1.54) is 0 Å².